The van der Waals surface area contributed by atoms with E-state index >= 15 is 0 Å². The minimum absolute atomic E-state index is 0.0771. The van der Waals surface area contributed by atoms with E-state index in [-0.39, 0.29) is 42.1 Å². The standard InChI is InChI=1S/C33H42N2O11/c1-4-41-19-27(36)42-20-43-30-25(40-3)17-18-34-28(30)31(37)35-24-15-10-16-26(45-23-13-6-5-7-14-23)29(21(2)44-33(24)39)46-32(38)22-11-8-9-12-22/h5-7,13-14,17-18,21-22,24,26,29H,4,8-12,15-16,19-20H2,1-3H3,(H,35,37). The average Bonchev–Trinajstić information content (AvgIpc) is 3.61. The topological polar surface area (TPSA) is 158 Å². The van der Waals surface area contributed by atoms with Gasteiger partial charge in [-0.1, -0.05) is 31.0 Å². The van der Waals surface area contributed by atoms with Crippen molar-refractivity contribution in [1.82, 2.24) is 10.3 Å². The number of amides is 1. The Labute approximate surface area is 268 Å². The highest BCUT2D eigenvalue weighted by atomic mass is 16.7. The number of esters is 3. The Kier molecular flexibility index (Phi) is 13.0. The molecule has 2 heterocycles. The van der Waals surface area contributed by atoms with Crippen molar-refractivity contribution in [3.63, 3.8) is 0 Å². The molecule has 46 heavy (non-hydrogen) atoms. The van der Waals surface area contributed by atoms with E-state index in [1.807, 2.05) is 30.3 Å². The van der Waals surface area contributed by atoms with Crippen molar-refractivity contribution in [1.29, 1.82) is 0 Å². The van der Waals surface area contributed by atoms with Crippen molar-refractivity contribution in [2.24, 2.45) is 5.92 Å². The molecule has 13 nitrogen and oxygen atoms in total. The molecule has 1 amide bonds. The zero-order valence-corrected chi connectivity index (χ0v) is 26.4. The largest absolute Gasteiger partial charge is 0.493 e. The van der Waals surface area contributed by atoms with Gasteiger partial charge in [0.15, 0.2) is 23.3 Å². The van der Waals surface area contributed by atoms with Crippen molar-refractivity contribution in [3.05, 3.63) is 48.3 Å². The average molecular weight is 643 g/mol. The molecule has 0 spiro atoms. The summed E-state index contributed by atoms with van der Waals surface area (Å²) in [6.07, 6.45) is 3.54. The van der Waals surface area contributed by atoms with Crippen LogP contribution < -0.4 is 19.5 Å². The maximum Gasteiger partial charge on any atom is 0.334 e. The van der Waals surface area contributed by atoms with Crippen molar-refractivity contribution >= 4 is 23.8 Å². The molecule has 1 N–H and O–H groups in total. The molecule has 4 rings (SSSR count). The summed E-state index contributed by atoms with van der Waals surface area (Å²) in [7, 11) is 1.38. The summed E-state index contributed by atoms with van der Waals surface area (Å²) in [4.78, 5) is 55.9. The van der Waals surface area contributed by atoms with Gasteiger partial charge in [0.1, 0.15) is 30.6 Å². The number of pyridine rings is 1. The summed E-state index contributed by atoms with van der Waals surface area (Å²) in [6.45, 7) is 2.95. The normalized spacial score (nSPS) is 21.9. The smallest absolute Gasteiger partial charge is 0.334 e. The Morgan fingerprint density at radius 2 is 1.78 bits per heavy atom. The maximum atomic E-state index is 13.5. The molecule has 2 aromatic rings. The lowest BCUT2D eigenvalue weighted by Gasteiger charge is -2.31. The van der Waals surface area contributed by atoms with Crippen LogP contribution in [0.1, 0.15) is 69.3 Å². The molecular weight excluding hydrogens is 600 g/mol. The fourth-order valence-corrected chi connectivity index (χ4v) is 5.43. The van der Waals surface area contributed by atoms with Gasteiger partial charge < -0.3 is 38.5 Å². The molecule has 250 valence electrons. The Morgan fingerprint density at radius 1 is 1.02 bits per heavy atom. The Morgan fingerprint density at radius 3 is 2.50 bits per heavy atom. The van der Waals surface area contributed by atoms with Gasteiger partial charge in [-0.3, -0.25) is 9.59 Å². The van der Waals surface area contributed by atoms with Gasteiger partial charge in [-0.05, 0) is 58.1 Å². The van der Waals surface area contributed by atoms with Gasteiger partial charge in [-0.2, -0.15) is 0 Å². The summed E-state index contributed by atoms with van der Waals surface area (Å²) in [6, 6.07) is 9.59. The molecule has 1 saturated heterocycles. The number of para-hydroxylation sites is 1. The minimum Gasteiger partial charge on any atom is -0.493 e. The number of ether oxygens (including phenoxy) is 7. The zero-order valence-electron chi connectivity index (χ0n) is 26.4. The van der Waals surface area contributed by atoms with Crippen LogP contribution in [-0.2, 0) is 33.3 Å². The van der Waals surface area contributed by atoms with Crippen LogP contribution >= 0.6 is 0 Å². The second-order valence-corrected chi connectivity index (χ2v) is 11.1. The fourth-order valence-electron chi connectivity index (χ4n) is 5.43. The number of cyclic esters (lactones) is 1. The molecule has 1 aliphatic heterocycles. The maximum absolute atomic E-state index is 13.5. The highest BCUT2D eigenvalue weighted by molar-refractivity contribution is 5.98. The first kappa shape index (κ1) is 34.5. The number of carbonyl (C=O) groups is 4. The van der Waals surface area contributed by atoms with Gasteiger partial charge in [-0.15, -0.1) is 0 Å². The number of methoxy groups -OCH3 is 1. The molecule has 1 aromatic carbocycles. The Balaban J connectivity index is 1.48. The van der Waals surface area contributed by atoms with Crippen LogP contribution in [0.25, 0.3) is 0 Å². The molecule has 1 aliphatic carbocycles. The SMILES string of the molecule is CCOCC(=O)OCOc1c(OC)ccnc1C(=O)NC1CCCC(Oc2ccccc2)C(OC(=O)C2CCCC2)C(C)OC1=O. The second kappa shape index (κ2) is 17.3. The third-order valence-electron chi connectivity index (χ3n) is 7.82. The number of benzene rings is 1. The predicted octanol–water partition coefficient (Wildman–Crippen LogP) is 3.77. The van der Waals surface area contributed by atoms with Crippen molar-refractivity contribution < 1.29 is 52.3 Å². The van der Waals surface area contributed by atoms with E-state index in [2.05, 4.69) is 10.3 Å². The number of hydrogen-bond donors (Lipinski definition) is 1. The summed E-state index contributed by atoms with van der Waals surface area (Å²) in [5.41, 5.74) is -0.186. The van der Waals surface area contributed by atoms with E-state index in [1.54, 1.807) is 13.8 Å². The molecular formula is C33H42N2O11. The molecule has 0 radical (unpaired) electrons. The first-order valence-electron chi connectivity index (χ1n) is 15.6. The van der Waals surface area contributed by atoms with E-state index in [1.165, 1.54) is 19.4 Å². The van der Waals surface area contributed by atoms with Gasteiger partial charge in [0.05, 0.1) is 13.0 Å². The van der Waals surface area contributed by atoms with Gasteiger partial charge in [-0.25, -0.2) is 14.6 Å². The molecule has 2 fully saturated rings. The summed E-state index contributed by atoms with van der Waals surface area (Å²) >= 11 is 0. The van der Waals surface area contributed by atoms with Crippen molar-refractivity contribution in [2.45, 2.75) is 83.1 Å². The minimum atomic E-state index is -1.05. The van der Waals surface area contributed by atoms with Gasteiger partial charge in [0, 0.05) is 18.9 Å². The molecule has 4 atom stereocenters. The Bertz CT molecular complexity index is 1320. The second-order valence-electron chi connectivity index (χ2n) is 11.1. The number of aromatic nitrogens is 1. The van der Waals surface area contributed by atoms with Gasteiger partial charge in [0.25, 0.3) is 5.91 Å². The van der Waals surface area contributed by atoms with Crippen LogP contribution in [0.2, 0.25) is 0 Å². The van der Waals surface area contributed by atoms with E-state index in [0.29, 0.717) is 25.2 Å². The third kappa shape index (κ3) is 9.56. The van der Waals surface area contributed by atoms with Gasteiger partial charge in [0.2, 0.25) is 6.79 Å². The van der Waals surface area contributed by atoms with E-state index in [0.717, 1.165) is 25.7 Å². The highest BCUT2D eigenvalue weighted by Gasteiger charge is 2.40. The van der Waals surface area contributed by atoms with Crippen LogP contribution in [0.5, 0.6) is 17.2 Å². The van der Waals surface area contributed by atoms with E-state index in [4.69, 9.17) is 33.2 Å². The van der Waals surface area contributed by atoms with Crippen LogP contribution in [0.15, 0.2) is 42.6 Å². The third-order valence-corrected chi connectivity index (χ3v) is 7.82. The summed E-state index contributed by atoms with van der Waals surface area (Å²) < 4.78 is 39.0. The number of nitrogens with zero attached hydrogens (tertiary/aromatic N) is 1. The lowest BCUT2D eigenvalue weighted by molar-refractivity contribution is -0.177. The van der Waals surface area contributed by atoms with Crippen molar-refractivity contribution in [2.75, 3.05) is 27.1 Å². The molecule has 0 bridgehead atoms. The summed E-state index contributed by atoms with van der Waals surface area (Å²) in [5, 5.41) is 2.70. The van der Waals surface area contributed by atoms with Crippen LogP contribution in [0.3, 0.4) is 0 Å². The van der Waals surface area contributed by atoms with Crippen LogP contribution in [0.4, 0.5) is 0 Å². The van der Waals surface area contributed by atoms with Gasteiger partial charge >= 0.3 is 17.9 Å². The molecule has 1 saturated carbocycles. The van der Waals surface area contributed by atoms with Crippen LogP contribution in [0, 0.1) is 5.92 Å². The van der Waals surface area contributed by atoms with Crippen LogP contribution in [-0.4, -0.2) is 80.3 Å². The number of nitrogens with one attached hydrogen (secondary N) is 1. The number of carbonyl (C=O) groups excluding carboxylic acids is 4. The monoisotopic (exact) mass is 642 g/mol. The first-order valence-corrected chi connectivity index (χ1v) is 15.6. The number of rotatable bonds is 13. The summed E-state index contributed by atoms with van der Waals surface area (Å²) in [5.74, 6) is -1.91. The molecule has 13 heteroatoms. The lowest BCUT2D eigenvalue weighted by atomic mass is 10.0. The highest BCUT2D eigenvalue weighted by Crippen LogP contribution is 2.31. The fraction of sp³-hybridized carbons (Fsp3) is 0.545. The molecule has 2 aliphatic rings. The predicted molar refractivity (Wildman–Crippen MR) is 162 cm³/mol. The lowest BCUT2D eigenvalue weighted by Crippen LogP contribution is -2.47. The van der Waals surface area contributed by atoms with Crippen molar-refractivity contribution in [3.8, 4) is 17.2 Å². The molecule has 1 aromatic heterocycles. The zero-order chi connectivity index (χ0) is 32.9. The first-order chi connectivity index (χ1) is 22.3. The van der Waals surface area contributed by atoms with E-state index in [9.17, 15) is 19.2 Å². The van der Waals surface area contributed by atoms with E-state index < -0.39 is 49.0 Å². The number of hydrogen-bond acceptors (Lipinski definition) is 12. The molecule has 4 unspecified atom stereocenters. The Hall–Kier alpha value is -4.39. The quantitative estimate of drug-likeness (QED) is 0.192.